The van der Waals surface area contributed by atoms with Crippen molar-refractivity contribution in [1.29, 1.82) is 0 Å². The van der Waals surface area contributed by atoms with E-state index in [9.17, 15) is 13.2 Å². The van der Waals surface area contributed by atoms with Gasteiger partial charge in [-0.2, -0.15) is 4.31 Å². The fraction of sp³-hybridized carbons (Fsp3) is 0.350. The molecule has 0 aliphatic carbocycles. The van der Waals surface area contributed by atoms with Crippen LogP contribution in [0.2, 0.25) is 0 Å². The third-order valence-corrected chi connectivity index (χ3v) is 8.26. The van der Waals surface area contributed by atoms with Crippen molar-refractivity contribution in [2.45, 2.75) is 40.8 Å². The predicted molar refractivity (Wildman–Crippen MR) is 106 cm³/mol. The highest BCUT2D eigenvalue weighted by molar-refractivity contribution is 8.01. The number of rotatable bonds is 5. The normalized spacial score (nSPS) is 19.8. The molecule has 142 valence electrons. The summed E-state index contributed by atoms with van der Waals surface area (Å²) < 4.78 is 26.6. The molecule has 0 aromatic heterocycles. The molecule has 1 amide bonds. The van der Waals surface area contributed by atoms with Crippen molar-refractivity contribution < 1.29 is 13.2 Å². The maximum Gasteiger partial charge on any atom is 0.243 e. The minimum atomic E-state index is -3.39. The second-order valence-electron chi connectivity index (χ2n) is 6.89. The molecule has 0 bridgehead atoms. The summed E-state index contributed by atoms with van der Waals surface area (Å²) in [5.41, 5.74) is 2.11. The first kappa shape index (κ1) is 18.5. The molecule has 1 N–H and O–H groups in total. The minimum absolute atomic E-state index is 0.0185. The second kappa shape index (κ2) is 7.66. The van der Waals surface area contributed by atoms with Crippen LogP contribution in [0.15, 0.2) is 58.3 Å². The molecular formula is C20H22N2O3S2. The number of benzene rings is 2. The Balaban J connectivity index is 1.35. The lowest BCUT2D eigenvalue weighted by Gasteiger charge is -2.16. The van der Waals surface area contributed by atoms with Crippen LogP contribution in [0, 0.1) is 0 Å². The Bertz CT molecular complexity index is 911. The summed E-state index contributed by atoms with van der Waals surface area (Å²) in [6.07, 6.45) is 2.60. The summed E-state index contributed by atoms with van der Waals surface area (Å²) in [4.78, 5) is 13.9. The third kappa shape index (κ3) is 3.90. The molecule has 1 unspecified atom stereocenters. The molecule has 0 saturated carbocycles. The number of nitrogens with one attached hydrogen (secondary N) is 1. The molecule has 7 heteroatoms. The highest BCUT2D eigenvalue weighted by Gasteiger charge is 2.28. The molecule has 1 saturated heterocycles. The number of amides is 1. The highest BCUT2D eigenvalue weighted by atomic mass is 32.2. The van der Waals surface area contributed by atoms with Gasteiger partial charge in [-0.1, -0.05) is 30.3 Å². The zero-order valence-electron chi connectivity index (χ0n) is 14.9. The van der Waals surface area contributed by atoms with E-state index < -0.39 is 10.0 Å². The fourth-order valence-corrected chi connectivity index (χ4v) is 6.22. The molecule has 2 aromatic rings. The lowest BCUT2D eigenvalue weighted by atomic mass is 10.1. The van der Waals surface area contributed by atoms with E-state index >= 15 is 0 Å². The summed E-state index contributed by atoms with van der Waals surface area (Å²) in [6.45, 7) is 1.60. The molecule has 1 atom stereocenters. The van der Waals surface area contributed by atoms with E-state index in [0.29, 0.717) is 24.5 Å². The largest absolute Gasteiger partial charge is 0.351 e. The van der Waals surface area contributed by atoms with Gasteiger partial charge in [-0.15, -0.1) is 11.8 Å². The van der Waals surface area contributed by atoms with Crippen molar-refractivity contribution in [3.63, 3.8) is 0 Å². The van der Waals surface area contributed by atoms with Gasteiger partial charge in [0.1, 0.15) is 0 Å². The Hall–Kier alpha value is -1.83. The van der Waals surface area contributed by atoms with Gasteiger partial charge in [0, 0.05) is 24.5 Å². The highest BCUT2D eigenvalue weighted by Crippen LogP contribution is 2.36. The summed E-state index contributed by atoms with van der Waals surface area (Å²) >= 11 is 1.60. The maximum absolute atomic E-state index is 12.5. The standard InChI is InChI=1S/C20H22N2O3S2/c23-20(19-13-16-5-1-2-6-18(16)26-19)21-14-15-7-9-17(10-8-15)27(24,25)22-11-3-4-12-22/h1-2,5-10,19H,3-4,11-14H2,(H,21,23). The molecule has 1 fully saturated rings. The van der Waals surface area contributed by atoms with E-state index in [1.165, 1.54) is 10.5 Å². The Kier molecular flexibility index (Phi) is 5.25. The minimum Gasteiger partial charge on any atom is -0.351 e. The van der Waals surface area contributed by atoms with Crippen molar-refractivity contribution in [1.82, 2.24) is 9.62 Å². The van der Waals surface area contributed by atoms with Gasteiger partial charge >= 0.3 is 0 Å². The van der Waals surface area contributed by atoms with Gasteiger partial charge in [-0.3, -0.25) is 4.79 Å². The molecule has 2 aromatic carbocycles. The Morgan fingerprint density at radius 2 is 1.78 bits per heavy atom. The lowest BCUT2D eigenvalue weighted by Crippen LogP contribution is -2.32. The second-order valence-corrected chi connectivity index (χ2v) is 10.1. The van der Waals surface area contributed by atoms with Crippen LogP contribution in [0.25, 0.3) is 0 Å². The molecule has 0 spiro atoms. The fourth-order valence-electron chi connectivity index (χ4n) is 3.49. The van der Waals surface area contributed by atoms with Crippen molar-refractivity contribution >= 4 is 27.7 Å². The van der Waals surface area contributed by atoms with Gasteiger partial charge in [0.2, 0.25) is 15.9 Å². The first-order valence-corrected chi connectivity index (χ1v) is 11.5. The van der Waals surface area contributed by atoms with Crippen LogP contribution in [-0.2, 0) is 27.8 Å². The number of hydrogen-bond donors (Lipinski definition) is 1. The predicted octanol–water partition coefficient (Wildman–Crippen LogP) is 2.80. The first-order valence-electron chi connectivity index (χ1n) is 9.15. The number of sulfonamides is 1. The van der Waals surface area contributed by atoms with Crippen LogP contribution in [0.5, 0.6) is 0 Å². The molecule has 2 heterocycles. The number of carbonyl (C=O) groups is 1. The van der Waals surface area contributed by atoms with Crippen LogP contribution in [0.3, 0.4) is 0 Å². The zero-order chi connectivity index (χ0) is 18.9. The van der Waals surface area contributed by atoms with Crippen molar-refractivity contribution in [3.8, 4) is 0 Å². The molecule has 2 aliphatic rings. The maximum atomic E-state index is 12.5. The van der Waals surface area contributed by atoms with Crippen molar-refractivity contribution in [2.24, 2.45) is 0 Å². The third-order valence-electron chi connectivity index (χ3n) is 5.03. The van der Waals surface area contributed by atoms with E-state index in [0.717, 1.165) is 24.8 Å². The van der Waals surface area contributed by atoms with E-state index in [2.05, 4.69) is 11.4 Å². The molecule has 5 nitrogen and oxygen atoms in total. The smallest absolute Gasteiger partial charge is 0.243 e. The lowest BCUT2D eigenvalue weighted by molar-refractivity contribution is -0.120. The molecule has 0 radical (unpaired) electrons. The number of thioether (sulfide) groups is 1. The van der Waals surface area contributed by atoms with Gasteiger partial charge < -0.3 is 5.32 Å². The quantitative estimate of drug-likeness (QED) is 0.835. The summed E-state index contributed by atoms with van der Waals surface area (Å²) in [6, 6.07) is 14.9. The summed E-state index contributed by atoms with van der Waals surface area (Å²) in [7, 11) is -3.39. The molecule has 2 aliphatic heterocycles. The van der Waals surface area contributed by atoms with E-state index in [1.807, 2.05) is 18.2 Å². The Morgan fingerprint density at radius 1 is 1.07 bits per heavy atom. The number of nitrogens with zero attached hydrogens (tertiary/aromatic N) is 1. The van der Waals surface area contributed by atoms with Crippen LogP contribution >= 0.6 is 11.8 Å². The van der Waals surface area contributed by atoms with Crippen LogP contribution in [0.1, 0.15) is 24.0 Å². The number of hydrogen-bond acceptors (Lipinski definition) is 4. The zero-order valence-corrected chi connectivity index (χ0v) is 16.6. The van der Waals surface area contributed by atoms with Gasteiger partial charge in [0.15, 0.2) is 0 Å². The molecule has 4 rings (SSSR count). The number of fused-ring (bicyclic) bond motifs is 1. The molecule has 27 heavy (non-hydrogen) atoms. The van der Waals surface area contributed by atoms with Gasteiger partial charge in [0.05, 0.1) is 10.1 Å². The van der Waals surface area contributed by atoms with Crippen LogP contribution in [0.4, 0.5) is 0 Å². The summed E-state index contributed by atoms with van der Waals surface area (Å²) in [5.74, 6) is 0.0185. The van der Waals surface area contributed by atoms with Gasteiger partial charge in [-0.25, -0.2) is 8.42 Å². The first-order chi connectivity index (χ1) is 13.0. The van der Waals surface area contributed by atoms with E-state index in [-0.39, 0.29) is 11.2 Å². The van der Waals surface area contributed by atoms with Gasteiger partial charge in [-0.05, 0) is 48.6 Å². The van der Waals surface area contributed by atoms with Crippen LogP contribution in [-0.4, -0.2) is 37.0 Å². The van der Waals surface area contributed by atoms with Crippen molar-refractivity contribution in [2.75, 3.05) is 13.1 Å². The van der Waals surface area contributed by atoms with Gasteiger partial charge in [0.25, 0.3) is 0 Å². The monoisotopic (exact) mass is 402 g/mol. The topological polar surface area (TPSA) is 66.5 Å². The summed E-state index contributed by atoms with van der Waals surface area (Å²) in [5, 5.41) is 2.87. The SMILES string of the molecule is O=C(NCc1ccc(S(=O)(=O)N2CCCC2)cc1)C1Cc2ccccc2S1. The number of carbonyl (C=O) groups excluding carboxylic acids is 1. The Labute approximate surface area is 164 Å². The average molecular weight is 403 g/mol. The van der Waals surface area contributed by atoms with Crippen LogP contribution < -0.4 is 5.32 Å². The van der Waals surface area contributed by atoms with Crippen molar-refractivity contribution in [3.05, 3.63) is 59.7 Å². The van der Waals surface area contributed by atoms with E-state index in [1.54, 1.807) is 40.3 Å². The molecular weight excluding hydrogens is 380 g/mol. The average Bonchev–Trinajstić information content (AvgIpc) is 3.36. The Morgan fingerprint density at radius 3 is 2.48 bits per heavy atom. The van der Waals surface area contributed by atoms with E-state index in [4.69, 9.17) is 0 Å².